The molecule has 9 nitrogen and oxygen atoms in total. The van der Waals surface area contributed by atoms with Crippen molar-refractivity contribution in [2.24, 2.45) is 0 Å². The standard InChI is InChI=1S/C19H13Cl2F2NO4.C14H7ClF2N2O2/c1-2-28-19(27)14(21)5-9-6-16(15(23)8-13(9)20)24-17(25)11-4-3-10(22)7-12(11)18(24)26;15-9-4-10(17)12(5-11(9)18)19-13(20)7-2-1-6(16)3-8(7)14(19)21/h3-4,6-8,14H,2,5H2,1H3;1-5H,18H2. The van der Waals surface area contributed by atoms with Gasteiger partial charge in [0.15, 0.2) is 0 Å². The third-order valence-electron chi connectivity index (χ3n) is 7.30. The van der Waals surface area contributed by atoms with Crippen molar-refractivity contribution < 1.29 is 46.3 Å². The number of ether oxygens (including phenoxy) is 1. The maximum atomic E-state index is 14.5. The molecular weight excluding hydrogens is 717 g/mol. The smallest absolute Gasteiger partial charge is 0.324 e. The van der Waals surface area contributed by atoms with Gasteiger partial charge in [-0.3, -0.25) is 24.0 Å². The SMILES string of the molecule is CCOC(=O)C(Cl)Cc1cc(N2C(=O)c3ccc(F)cc3C2=O)c(F)cc1Cl.Nc1cc(N2C(=O)c3ccc(F)cc3C2=O)c(F)cc1Cl. The number of nitrogens with two attached hydrogens (primary N) is 1. The first-order valence-corrected chi connectivity index (χ1v) is 15.2. The molecule has 4 amide bonds. The van der Waals surface area contributed by atoms with Crippen molar-refractivity contribution in [3.63, 3.8) is 0 Å². The minimum atomic E-state index is -1.09. The zero-order valence-corrected chi connectivity index (χ0v) is 27.1. The van der Waals surface area contributed by atoms with E-state index in [1.807, 2.05) is 0 Å². The molecule has 49 heavy (non-hydrogen) atoms. The quantitative estimate of drug-likeness (QED) is 0.0734. The van der Waals surface area contributed by atoms with Crippen LogP contribution in [0, 0.1) is 23.3 Å². The first-order valence-electron chi connectivity index (χ1n) is 14.0. The average molecular weight is 737 g/mol. The molecule has 0 aromatic heterocycles. The number of hydrogen-bond donors (Lipinski definition) is 1. The molecule has 0 saturated heterocycles. The second-order valence-corrected chi connectivity index (χ2v) is 11.8. The highest BCUT2D eigenvalue weighted by Gasteiger charge is 2.40. The van der Waals surface area contributed by atoms with Gasteiger partial charge in [0.1, 0.15) is 28.6 Å². The summed E-state index contributed by atoms with van der Waals surface area (Å²) < 4.78 is 59.9. The predicted octanol–water partition coefficient (Wildman–Crippen LogP) is 7.13. The molecule has 4 aromatic rings. The molecule has 6 rings (SSSR count). The average Bonchev–Trinajstić information content (AvgIpc) is 3.43. The van der Waals surface area contributed by atoms with Crippen LogP contribution in [-0.4, -0.2) is 41.6 Å². The Kier molecular flexibility index (Phi) is 10.00. The van der Waals surface area contributed by atoms with Gasteiger partial charge >= 0.3 is 5.97 Å². The topological polar surface area (TPSA) is 127 Å². The van der Waals surface area contributed by atoms with E-state index in [0.717, 1.165) is 48.5 Å². The van der Waals surface area contributed by atoms with Gasteiger partial charge in [0, 0.05) is 11.4 Å². The van der Waals surface area contributed by atoms with Gasteiger partial charge in [-0.05, 0) is 73.2 Å². The highest BCUT2D eigenvalue weighted by molar-refractivity contribution is 6.37. The minimum absolute atomic E-state index is 0.00863. The number of rotatable bonds is 6. The summed E-state index contributed by atoms with van der Waals surface area (Å²) >= 11 is 17.7. The number of imide groups is 2. The molecule has 0 fully saturated rings. The van der Waals surface area contributed by atoms with E-state index in [1.54, 1.807) is 6.92 Å². The number of alkyl halides is 1. The summed E-state index contributed by atoms with van der Waals surface area (Å²) in [6, 6.07) is 10.4. The maximum Gasteiger partial charge on any atom is 0.324 e. The number of carbonyl (C=O) groups excluding carboxylic acids is 5. The molecule has 2 heterocycles. The summed E-state index contributed by atoms with van der Waals surface area (Å²) in [4.78, 5) is 62.5. The number of carbonyl (C=O) groups is 5. The Labute approximate surface area is 289 Å². The summed E-state index contributed by atoms with van der Waals surface area (Å²) in [5.41, 5.74) is 4.85. The van der Waals surface area contributed by atoms with Crippen molar-refractivity contribution in [2.75, 3.05) is 22.1 Å². The van der Waals surface area contributed by atoms with E-state index in [1.165, 1.54) is 12.1 Å². The van der Waals surface area contributed by atoms with Crippen LogP contribution in [0.5, 0.6) is 0 Å². The first kappa shape index (κ1) is 35.3. The molecule has 0 aliphatic carbocycles. The molecule has 2 aliphatic heterocycles. The van der Waals surface area contributed by atoms with Crippen molar-refractivity contribution in [3.05, 3.63) is 122 Å². The Bertz CT molecular complexity index is 2100. The number of hydrogen-bond acceptors (Lipinski definition) is 7. The van der Waals surface area contributed by atoms with Crippen LogP contribution in [-0.2, 0) is 16.0 Å². The van der Waals surface area contributed by atoms with Crippen molar-refractivity contribution in [2.45, 2.75) is 18.7 Å². The van der Waals surface area contributed by atoms with E-state index in [0.29, 0.717) is 9.80 Å². The molecule has 4 aromatic carbocycles. The molecule has 0 radical (unpaired) electrons. The molecule has 2 N–H and O–H groups in total. The fraction of sp³-hybridized carbons (Fsp3) is 0.121. The number of anilines is 3. The fourth-order valence-electron chi connectivity index (χ4n) is 5.01. The number of esters is 1. The van der Waals surface area contributed by atoms with E-state index < -0.39 is 58.2 Å². The molecule has 16 heteroatoms. The van der Waals surface area contributed by atoms with Crippen LogP contribution in [0.3, 0.4) is 0 Å². The minimum Gasteiger partial charge on any atom is -0.465 e. The fourth-order valence-corrected chi connectivity index (χ4v) is 5.61. The summed E-state index contributed by atoms with van der Waals surface area (Å²) in [6.45, 7) is 1.76. The maximum absolute atomic E-state index is 14.5. The van der Waals surface area contributed by atoms with Crippen LogP contribution in [0.2, 0.25) is 10.0 Å². The van der Waals surface area contributed by atoms with Gasteiger partial charge in [-0.2, -0.15) is 0 Å². The molecular formula is C33H20Cl3F4N3O6. The monoisotopic (exact) mass is 735 g/mol. The van der Waals surface area contributed by atoms with Crippen LogP contribution in [0.4, 0.5) is 34.6 Å². The lowest BCUT2D eigenvalue weighted by atomic mass is 10.1. The van der Waals surface area contributed by atoms with E-state index >= 15 is 0 Å². The van der Waals surface area contributed by atoms with E-state index in [4.69, 9.17) is 45.3 Å². The Morgan fingerprint density at radius 1 is 0.714 bits per heavy atom. The number of fused-ring (bicyclic) bond motifs is 2. The van der Waals surface area contributed by atoms with Crippen LogP contribution >= 0.6 is 34.8 Å². The molecule has 252 valence electrons. The second kappa shape index (κ2) is 13.9. The normalized spacial score (nSPS) is 14.0. The first-order chi connectivity index (χ1) is 23.1. The van der Waals surface area contributed by atoms with Crippen molar-refractivity contribution >= 4 is 81.5 Å². The van der Waals surface area contributed by atoms with Crippen LogP contribution in [0.15, 0.2) is 60.7 Å². The third kappa shape index (κ3) is 6.69. The molecule has 1 atom stereocenters. The lowest BCUT2D eigenvalue weighted by molar-refractivity contribution is -0.142. The summed E-state index contributed by atoms with van der Waals surface area (Å²) in [5, 5.41) is -1.15. The van der Waals surface area contributed by atoms with Gasteiger partial charge < -0.3 is 10.5 Å². The van der Waals surface area contributed by atoms with E-state index in [9.17, 15) is 41.5 Å². The zero-order chi connectivity index (χ0) is 35.9. The number of benzene rings is 4. The van der Waals surface area contributed by atoms with E-state index in [-0.39, 0.29) is 68.0 Å². The Morgan fingerprint density at radius 3 is 1.65 bits per heavy atom. The number of amides is 4. The van der Waals surface area contributed by atoms with E-state index in [2.05, 4.69) is 0 Å². The van der Waals surface area contributed by atoms with Crippen LogP contribution in [0.1, 0.15) is 53.9 Å². The Hall–Kier alpha value is -4.98. The molecule has 0 saturated carbocycles. The third-order valence-corrected chi connectivity index (χ3v) is 8.31. The van der Waals surface area contributed by atoms with Crippen molar-refractivity contribution in [1.82, 2.24) is 0 Å². The van der Waals surface area contributed by atoms with Gasteiger partial charge in [-0.25, -0.2) is 27.4 Å². The summed E-state index contributed by atoms with van der Waals surface area (Å²) in [7, 11) is 0. The Morgan fingerprint density at radius 2 is 1.16 bits per heavy atom. The summed E-state index contributed by atoms with van der Waals surface area (Å²) in [5.74, 6) is -7.03. The summed E-state index contributed by atoms with van der Waals surface area (Å²) in [6.07, 6.45) is -0.107. The Balaban J connectivity index is 0.000000199. The number of nitrogens with zero attached hydrogens (tertiary/aromatic N) is 2. The number of halogens is 7. The lowest BCUT2D eigenvalue weighted by Gasteiger charge is -2.18. The molecule has 0 spiro atoms. The van der Waals surface area contributed by atoms with Crippen molar-refractivity contribution in [1.29, 1.82) is 0 Å². The van der Waals surface area contributed by atoms with Crippen molar-refractivity contribution in [3.8, 4) is 0 Å². The molecule has 0 bridgehead atoms. The second-order valence-electron chi connectivity index (χ2n) is 10.4. The predicted molar refractivity (Wildman–Crippen MR) is 172 cm³/mol. The van der Waals surface area contributed by atoms with Gasteiger partial charge in [-0.15, -0.1) is 11.6 Å². The zero-order valence-electron chi connectivity index (χ0n) is 24.8. The highest BCUT2D eigenvalue weighted by atomic mass is 35.5. The largest absolute Gasteiger partial charge is 0.465 e. The molecule has 1 unspecified atom stereocenters. The lowest BCUT2D eigenvalue weighted by Crippen LogP contribution is -2.30. The van der Waals surface area contributed by atoms with Gasteiger partial charge in [0.25, 0.3) is 23.6 Å². The van der Waals surface area contributed by atoms with Gasteiger partial charge in [0.05, 0.1) is 50.9 Å². The van der Waals surface area contributed by atoms with Crippen LogP contribution < -0.4 is 15.5 Å². The number of nitrogen functional groups attached to an aromatic ring is 1. The molecule has 2 aliphatic rings. The van der Waals surface area contributed by atoms with Crippen LogP contribution in [0.25, 0.3) is 0 Å². The highest BCUT2D eigenvalue weighted by Crippen LogP contribution is 2.36. The van der Waals surface area contributed by atoms with Gasteiger partial charge in [0.2, 0.25) is 0 Å². The van der Waals surface area contributed by atoms with Gasteiger partial charge in [-0.1, -0.05) is 23.2 Å².